The van der Waals surface area contributed by atoms with Crippen LogP contribution in [0, 0.1) is 6.92 Å². The lowest BCUT2D eigenvalue weighted by Crippen LogP contribution is -2.46. The predicted molar refractivity (Wildman–Crippen MR) is 135 cm³/mol. The Bertz CT molecular complexity index is 1290. The summed E-state index contributed by atoms with van der Waals surface area (Å²) < 4.78 is 29.7. The highest BCUT2D eigenvalue weighted by molar-refractivity contribution is 7.91. The van der Waals surface area contributed by atoms with Crippen molar-refractivity contribution in [2.45, 2.75) is 30.1 Å². The first-order chi connectivity index (χ1) is 16.0. The Kier molecular flexibility index (Phi) is 6.14. The van der Waals surface area contributed by atoms with Gasteiger partial charge in [-0.05, 0) is 42.0 Å². The van der Waals surface area contributed by atoms with E-state index < -0.39 is 10.0 Å². The van der Waals surface area contributed by atoms with Gasteiger partial charge in [0.15, 0.2) is 0 Å². The number of rotatable bonds is 6. The van der Waals surface area contributed by atoms with E-state index in [1.54, 1.807) is 22.8 Å². The van der Waals surface area contributed by atoms with Gasteiger partial charge in [0.25, 0.3) is 10.0 Å². The Morgan fingerprint density at radius 2 is 1.94 bits per heavy atom. The van der Waals surface area contributed by atoms with Crippen LogP contribution >= 0.6 is 11.3 Å². The van der Waals surface area contributed by atoms with Gasteiger partial charge >= 0.3 is 0 Å². The van der Waals surface area contributed by atoms with Crippen molar-refractivity contribution in [3.05, 3.63) is 82.7 Å². The van der Waals surface area contributed by atoms with Crippen LogP contribution in [0.25, 0.3) is 0 Å². The first kappa shape index (κ1) is 22.0. The first-order valence-corrected chi connectivity index (χ1v) is 13.3. The Hall–Kier alpha value is -2.81. The van der Waals surface area contributed by atoms with Crippen molar-refractivity contribution >= 4 is 39.1 Å². The van der Waals surface area contributed by atoms with Crippen molar-refractivity contribution in [3.63, 3.8) is 0 Å². The van der Waals surface area contributed by atoms with Gasteiger partial charge in [-0.3, -0.25) is 4.99 Å². The topological polar surface area (TPSA) is 65.3 Å². The third-order valence-corrected chi connectivity index (χ3v) is 9.35. The van der Waals surface area contributed by atoms with E-state index in [4.69, 9.17) is 0 Å². The molecule has 5 rings (SSSR count). The number of thiophene rings is 1. The molecule has 8 heteroatoms. The van der Waals surface area contributed by atoms with Crippen molar-refractivity contribution < 1.29 is 8.42 Å². The van der Waals surface area contributed by atoms with Crippen LogP contribution in [0.15, 0.2) is 80.2 Å². The number of anilines is 1. The molecule has 0 spiro atoms. The lowest BCUT2D eigenvalue weighted by molar-refractivity contribution is 0.320. The minimum atomic E-state index is -3.65. The lowest BCUT2D eigenvalue weighted by Gasteiger charge is -2.32. The molecule has 1 unspecified atom stereocenters. The van der Waals surface area contributed by atoms with Gasteiger partial charge in [0.1, 0.15) is 10.5 Å². The summed E-state index contributed by atoms with van der Waals surface area (Å²) in [6.07, 6.45) is 2.25. The molecule has 3 heterocycles. The fraction of sp³-hybridized carbons (Fsp3) is 0.280. The van der Waals surface area contributed by atoms with E-state index >= 15 is 0 Å². The van der Waals surface area contributed by atoms with Gasteiger partial charge in [0.2, 0.25) is 0 Å². The number of fused-ring (bicyclic) bond motifs is 1. The van der Waals surface area contributed by atoms with Gasteiger partial charge in [0, 0.05) is 24.8 Å². The smallest absolute Gasteiger partial charge is 0.253 e. The fourth-order valence-corrected chi connectivity index (χ4v) is 7.23. The number of nitrogens with zero attached hydrogens (tertiary/aromatic N) is 4. The summed E-state index contributed by atoms with van der Waals surface area (Å²) in [4.78, 5) is 10.9. The van der Waals surface area contributed by atoms with Crippen LogP contribution in [-0.2, 0) is 23.0 Å². The van der Waals surface area contributed by atoms with Gasteiger partial charge in [-0.15, -0.1) is 11.3 Å². The van der Waals surface area contributed by atoms with Crippen molar-refractivity contribution in [1.29, 1.82) is 0 Å². The summed E-state index contributed by atoms with van der Waals surface area (Å²) >= 11 is 1.27. The standard InChI is InChI=1S/C25H26N4O2S2/c1-19-9-10-24-21(12-19)15-29(33(30,31)25-8-5-11-32-25)23(13-20-6-3-2-4-7-20)17-28(24)16-22-14-26-18-27-22/h2-12,18,23H,13-17H2,1H3. The lowest BCUT2D eigenvalue weighted by atomic mass is 10.1. The van der Waals surface area contributed by atoms with Crippen LogP contribution < -0.4 is 4.90 Å². The molecule has 0 bridgehead atoms. The largest absolute Gasteiger partial charge is 0.364 e. The Morgan fingerprint density at radius 3 is 2.67 bits per heavy atom. The van der Waals surface area contributed by atoms with Crippen LogP contribution in [-0.4, -0.2) is 50.4 Å². The third kappa shape index (κ3) is 4.64. The maximum Gasteiger partial charge on any atom is 0.253 e. The highest BCUT2D eigenvalue weighted by Gasteiger charge is 2.37. The van der Waals surface area contributed by atoms with Gasteiger partial charge < -0.3 is 4.90 Å². The van der Waals surface area contributed by atoms with Gasteiger partial charge in [-0.1, -0.05) is 54.1 Å². The van der Waals surface area contributed by atoms with E-state index in [2.05, 4.69) is 45.2 Å². The summed E-state index contributed by atoms with van der Waals surface area (Å²) in [6.45, 7) is 4.19. The number of hydrogen-bond acceptors (Lipinski definition) is 6. The molecule has 0 saturated heterocycles. The van der Waals surface area contributed by atoms with Crippen LogP contribution in [0.2, 0.25) is 0 Å². The molecule has 6 nitrogen and oxygen atoms in total. The molecule has 0 saturated carbocycles. The zero-order valence-corrected chi connectivity index (χ0v) is 20.1. The van der Waals surface area contributed by atoms with Crippen LogP contribution in [0.4, 0.5) is 5.69 Å². The quantitative estimate of drug-likeness (QED) is 0.534. The van der Waals surface area contributed by atoms with E-state index in [9.17, 15) is 8.42 Å². The van der Waals surface area contributed by atoms with Crippen LogP contribution in [0.3, 0.4) is 0 Å². The monoisotopic (exact) mass is 478 g/mol. The molecule has 2 aliphatic rings. The predicted octanol–water partition coefficient (Wildman–Crippen LogP) is 4.16. The first-order valence-electron chi connectivity index (χ1n) is 11.0. The van der Waals surface area contributed by atoms with E-state index in [0.29, 0.717) is 36.8 Å². The molecule has 170 valence electrons. The summed E-state index contributed by atoms with van der Waals surface area (Å²) in [5.41, 5.74) is 5.32. The van der Waals surface area contributed by atoms with E-state index in [0.717, 1.165) is 28.1 Å². The third-order valence-electron chi connectivity index (χ3n) is 6.08. The second-order valence-electron chi connectivity index (χ2n) is 8.49. The minimum Gasteiger partial charge on any atom is -0.364 e. The van der Waals surface area contributed by atoms with E-state index in [1.165, 1.54) is 11.3 Å². The Balaban J connectivity index is 1.59. The van der Waals surface area contributed by atoms with Crippen molar-refractivity contribution in [1.82, 2.24) is 4.31 Å². The molecule has 2 aliphatic heterocycles. The number of benzene rings is 2. The molecule has 0 N–H and O–H groups in total. The molecule has 1 aromatic heterocycles. The van der Waals surface area contributed by atoms with Gasteiger partial charge in [0.05, 0.1) is 18.8 Å². The number of sulfonamides is 1. The minimum absolute atomic E-state index is 0.227. The maximum absolute atomic E-state index is 13.8. The fourth-order valence-electron chi connectivity index (χ4n) is 4.52. The zero-order chi connectivity index (χ0) is 22.8. The number of hydrogen-bond donors (Lipinski definition) is 0. The molecule has 0 amide bonds. The molecule has 0 aliphatic carbocycles. The van der Waals surface area contributed by atoms with Crippen molar-refractivity contribution in [2.24, 2.45) is 9.98 Å². The second kappa shape index (κ2) is 9.21. The van der Waals surface area contributed by atoms with Gasteiger partial charge in [-0.25, -0.2) is 13.4 Å². The van der Waals surface area contributed by atoms with Crippen molar-refractivity contribution in [2.75, 3.05) is 24.5 Å². The van der Waals surface area contributed by atoms with Crippen LogP contribution in [0.5, 0.6) is 0 Å². The van der Waals surface area contributed by atoms with Crippen molar-refractivity contribution in [3.8, 4) is 0 Å². The molecular formula is C25H26N4O2S2. The second-order valence-corrected chi connectivity index (χ2v) is 11.6. The van der Waals surface area contributed by atoms with Gasteiger partial charge in [-0.2, -0.15) is 4.31 Å². The van der Waals surface area contributed by atoms with E-state index in [-0.39, 0.29) is 6.04 Å². The Morgan fingerprint density at radius 1 is 1.09 bits per heavy atom. The zero-order valence-electron chi connectivity index (χ0n) is 18.5. The van der Waals surface area contributed by atoms with E-state index in [1.807, 2.05) is 30.5 Å². The molecule has 2 aromatic carbocycles. The molecule has 3 aromatic rings. The maximum atomic E-state index is 13.8. The summed E-state index contributed by atoms with van der Waals surface area (Å²) in [5.74, 6) is 0. The molecule has 33 heavy (non-hydrogen) atoms. The highest BCUT2D eigenvalue weighted by Crippen LogP contribution is 2.34. The average Bonchev–Trinajstić information content (AvgIpc) is 3.50. The highest BCUT2D eigenvalue weighted by atomic mass is 32.2. The average molecular weight is 479 g/mol. The molecule has 0 fully saturated rings. The van der Waals surface area contributed by atoms with Crippen LogP contribution in [0.1, 0.15) is 16.7 Å². The molecular weight excluding hydrogens is 452 g/mol. The number of aliphatic imine (C=N–C) groups is 2. The summed E-state index contributed by atoms with van der Waals surface area (Å²) in [5, 5.41) is 1.82. The molecule has 0 radical (unpaired) electrons. The SMILES string of the molecule is Cc1ccc2c(c1)CN(S(=O)(=O)c1cccs1)C(Cc1ccccc1)CN2CC1=NC=NC1. The summed E-state index contributed by atoms with van der Waals surface area (Å²) in [7, 11) is -3.65. The number of aryl methyl sites for hydroxylation is 1. The summed E-state index contributed by atoms with van der Waals surface area (Å²) in [6, 6.07) is 19.7. The molecule has 1 atom stereocenters. The Labute approximate surface area is 199 Å². The normalized spacial score (nSPS) is 18.8.